The minimum absolute atomic E-state index is 0.830. The van der Waals surface area contributed by atoms with Crippen molar-refractivity contribution < 1.29 is 0 Å². The van der Waals surface area contributed by atoms with E-state index in [1.165, 1.54) is 11.1 Å². The van der Waals surface area contributed by atoms with Gasteiger partial charge in [-0.1, -0.05) is 6.07 Å². The van der Waals surface area contributed by atoms with Crippen molar-refractivity contribution >= 4 is 16.6 Å². The molecule has 1 aromatic carbocycles. The summed E-state index contributed by atoms with van der Waals surface area (Å²) in [5.41, 5.74) is 6.38. The Kier molecular flexibility index (Phi) is 2.18. The van der Waals surface area contributed by atoms with Crippen molar-refractivity contribution in [1.29, 1.82) is 0 Å². The third kappa shape index (κ3) is 1.53. The predicted octanol–water partition coefficient (Wildman–Crippen LogP) is 2.89. The zero-order chi connectivity index (χ0) is 13.7. The van der Waals surface area contributed by atoms with Crippen molar-refractivity contribution in [3.63, 3.8) is 0 Å². The second-order valence-corrected chi connectivity index (χ2v) is 5.03. The molecule has 0 bridgehead atoms. The van der Waals surface area contributed by atoms with Crippen LogP contribution in [-0.2, 0) is 0 Å². The smallest absolute Gasteiger partial charge is 0.142 e. The monoisotopic (exact) mass is 263 g/mol. The molecule has 0 aliphatic heterocycles. The van der Waals surface area contributed by atoms with E-state index in [2.05, 4.69) is 41.0 Å². The van der Waals surface area contributed by atoms with Crippen molar-refractivity contribution in [2.45, 2.75) is 13.8 Å². The summed E-state index contributed by atoms with van der Waals surface area (Å²) in [6.45, 7) is 4.17. The maximum Gasteiger partial charge on any atom is 0.142 e. The van der Waals surface area contributed by atoms with E-state index < -0.39 is 0 Å². The standard InChI is InChI=1S/C15H13N5/c1-9-5-10(2)14-12(6-9)18-15(19-14)11-7-17-20-4-3-16-8-13(11)20/h3-8H,1-2H3,(H,18,19). The first-order valence-electron chi connectivity index (χ1n) is 6.47. The molecule has 5 heteroatoms. The normalized spacial score (nSPS) is 11.5. The SMILES string of the molecule is Cc1cc(C)c2nc(-c3cnn4ccncc34)[nH]c2c1. The van der Waals surface area contributed by atoms with Gasteiger partial charge < -0.3 is 4.98 Å². The fraction of sp³-hybridized carbons (Fsp3) is 0.133. The number of imidazole rings is 1. The summed E-state index contributed by atoms with van der Waals surface area (Å²) in [6.07, 6.45) is 7.16. The van der Waals surface area contributed by atoms with E-state index >= 15 is 0 Å². The summed E-state index contributed by atoms with van der Waals surface area (Å²) in [4.78, 5) is 12.2. The van der Waals surface area contributed by atoms with Gasteiger partial charge in [0.25, 0.3) is 0 Å². The van der Waals surface area contributed by atoms with Gasteiger partial charge in [-0.3, -0.25) is 4.98 Å². The van der Waals surface area contributed by atoms with E-state index in [1.54, 1.807) is 16.9 Å². The van der Waals surface area contributed by atoms with Gasteiger partial charge in [0.05, 0.1) is 34.5 Å². The molecule has 0 fully saturated rings. The Morgan fingerprint density at radius 3 is 2.95 bits per heavy atom. The summed E-state index contributed by atoms with van der Waals surface area (Å²) in [5, 5.41) is 4.32. The van der Waals surface area contributed by atoms with Crippen LogP contribution in [0.4, 0.5) is 0 Å². The lowest BCUT2D eigenvalue weighted by Crippen LogP contribution is -1.86. The molecule has 0 atom stereocenters. The molecule has 4 rings (SSSR count). The number of aromatic amines is 1. The maximum atomic E-state index is 4.71. The van der Waals surface area contributed by atoms with Crippen LogP contribution in [0.3, 0.4) is 0 Å². The summed E-state index contributed by atoms with van der Waals surface area (Å²) < 4.78 is 1.80. The summed E-state index contributed by atoms with van der Waals surface area (Å²) in [7, 11) is 0. The molecule has 0 saturated heterocycles. The number of rotatable bonds is 1. The third-order valence-electron chi connectivity index (χ3n) is 3.50. The van der Waals surface area contributed by atoms with Crippen LogP contribution in [0.15, 0.2) is 36.9 Å². The molecule has 98 valence electrons. The first-order valence-corrected chi connectivity index (χ1v) is 6.47. The van der Waals surface area contributed by atoms with Crippen LogP contribution in [-0.4, -0.2) is 24.6 Å². The van der Waals surface area contributed by atoms with Crippen LogP contribution in [0.1, 0.15) is 11.1 Å². The van der Waals surface area contributed by atoms with E-state index in [9.17, 15) is 0 Å². The maximum absolute atomic E-state index is 4.71. The Bertz CT molecular complexity index is 932. The Morgan fingerprint density at radius 1 is 1.15 bits per heavy atom. The van der Waals surface area contributed by atoms with Crippen LogP contribution >= 0.6 is 0 Å². The fourth-order valence-corrected chi connectivity index (χ4v) is 2.62. The summed E-state index contributed by atoms with van der Waals surface area (Å²) in [6, 6.07) is 4.26. The zero-order valence-electron chi connectivity index (χ0n) is 11.3. The van der Waals surface area contributed by atoms with E-state index in [0.29, 0.717) is 0 Å². The minimum Gasteiger partial charge on any atom is -0.338 e. The highest BCUT2D eigenvalue weighted by molar-refractivity contribution is 5.86. The highest BCUT2D eigenvalue weighted by atomic mass is 15.2. The van der Waals surface area contributed by atoms with E-state index in [0.717, 1.165) is 27.9 Å². The van der Waals surface area contributed by atoms with E-state index in [4.69, 9.17) is 4.98 Å². The van der Waals surface area contributed by atoms with Crippen LogP contribution in [0.2, 0.25) is 0 Å². The van der Waals surface area contributed by atoms with Crippen molar-refractivity contribution in [2.24, 2.45) is 0 Å². The highest BCUT2D eigenvalue weighted by Gasteiger charge is 2.12. The van der Waals surface area contributed by atoms with Gasteiger partial charge in [-0.05, 0) is 31.0 Å². The fourth-order valence-electron chi connectivity index (χ4n) is 2.62. The average Bonchev–Trinajstić information content (AvgIpc) is 3.01. The molecule has 5 nitrogen and oxygen atoms in total. The van der Waals surface area contributed by atoms with Gasteiger partial charge in [0.15, 0.2) is 0 Å². The Labute approximate surface area is 115 Å². The molecule has 0 aliphatic carbocycles. The number of aryl methyl sites for hydroxylation is 2. The minimum atomic E-state index is 0.830. The first-order chi connectivity index (χ1) is 9.72. The molecular formula is C15H13N5. The van der Waals surface area contributed by atoms with Gasteiger partial charge >= 0.3 is 0 Å². The number of H-pyrrole nitrogens is 1. The molecule has 1 N–H and O–H groups in total. The molecule has 3 heterocycles. The van der Waals surface area contributed by atoms with Crippen molar-refractivity contribution in [3.8, 4) is 11.4 Å². The van der Waals surface area contributed by atoms with Gasteiger partial charge in [-0.2, -0.15) is 5.10 Å². The quantitative estimate of drug-likeness (QED) is 0.574. The topological polar surface area (TPSA) is 58.9 Å². The van der Waals surface area contributed by atoms with Crippen LogP contribution in [0, 0.1) is 13.8 Å². The number of fused-ring (bicyclic) bond motifs is 2. The van der Waals surface area contributed by atoms with Crippen molar-refractivity contribution in [1.82, 2.24) is 24.6 Å². The van der Waals surface area contributed by atoms with Crippen molar-refractivity contribution in [2.75, 3.05) is 0 Å². The summed E-state index contributed by atoms with van der Waals surface area (Å²) in [5.74, 6) is 0.830. The number of aromatic nitrogens is 5. The van der Waals surface area contributed by atoms with Gasteiger partial charge in [0, 0.05) is 12.4 Å². The molecule has 20 heavy (non-hydrogen) atoms. The van der Waals surface area contributed by atoms with Crippen molar-refractivity contribution in [3.05, 3.63) is 48.0 Å². The molecule has 0 radical (unpaired) electrons. The lowest BCUT2D eigenvalue weighted by Gasteiger charge is -1.96. The van der Waals surface area contributed by atoms with Crippen LogP contribution in [0.5, 0.6) is 0 Å². The van der Waals surface area contributed by atoms with Crippen LogP contribution in [0.25, 0.3) is 27.9 Å². The van der Waals surface area contributed by atoms with E-state index in [1.807, 2.05) is 12.4 Å². The van der Waals surface area contributed by atoms with Gasteiger partial charge in [0.2, 0.25) is 0 Å². The largest absolute Gasteiger partial charge is 0.338 e. The molecule has 4 aromatic rings. The number of nitrogens with zero attached hydrogens (tertiary/aromatic N) is 4. The van der Waals surface area contributed by atoms with Gasteiger partial charge in [-0.15, -0.1) is 0 Å². The first kappa shape index (κ1) is 11.2. The molecule has 0 saturated carbocycles. The number of hydrogen-bond acceptors (Lipinski definition) is 3. The lowest BCUT2D eigenvalue weighted by atomic mass is 10.1. The predicted molar refractivity (Wildman–Crippen MR) is 77.5 cm³/mol. The zero-order valence-corrected chi connectivity index (χ0v) is 11.3. The number of benzene rings is 1. The molecule has 0 spiro atoms. The summed E-state index contributed by atoms with van der Waals surface area (Å²) >= 11 is 0. The van der Waals surface area contributed by atoms with E-state index in [-0.39, 0.29) is 0 Å². The molecule has 0 amide bonds. The Morgan fingerprint density at radius 2 is 2.05 bits per heavy atom. The van der Waals surface area contributed by atoms with Gasteiger partial charge in [-0.25, -0.2) is 9.50 Å². The average molecular weight is 263 g/mol. The highest BCUT2D eigenvalue weighted by Crippen LogP contribution is 2.26. The lowest BCUT2D eigenvalue weighted by molar-refractivity contribution is 0.946. The number of hydrogen-bond donors (Lipinski definition) is 1. The molecule has 0 unspecified atom stereocenters. The Hall–Kier alpha value is -2.69. The molecule has 3 aromatic heterocycles. The second-order valence-electron chi connectivity index (χ2n) is 5.03. The van der Waals surface area contributed by atoms with Crippen LogP contribution < -0.4 is 0 Å². The molecule has 0 aliphatic rings. The number of nitrogens with one attached hydrogen (secondary N) is 1. The van der Waals surface area contributed by atoms with Gasteiger partial charge in [0.1, 0.15) is 5.82 Å². The Balaban J connectivity index is 2.01. The third-order valence-corrected chi connectivity index (χ3v) is 3.50. The molecular weight excluding hydrogens is 250 g/mol. The second kappa shape index (κ2) is 3.90.